The first kappa shape index (κ1) is 37.7. The monoisotopic (exact) mass is 694 g/mol. The molecule has 5 rings (SSSR count). The number of benzene rings is 1. The summed E-state index contributed by atoms with van der Waals surface area (Å²) in [5, 5.41) is 13.1. The first-order chi connectivity index (χ1) is 23.4. The predicted molar refractivity (Wildman–Crippen MR) is 185 cm³/mol. The highest BCUT2D eigenvalue weighted by Crippen LogP contribution is 2.72. The molecule has 1 aromatic carbocycles. The third-order valence-corrected chi connectivity index (χ3v) is 12.7. The van der Waals surface area contributed by atoms with Crippen molar-refractivity contribution >= 4 is 29.5 Å². The molecule has 1 N–H and O–H groups in total. The summed E-state index contributed by atoms with van der Waals surface area (Å²) in [4.78, 5) is 50.6. The Bertz CT molecular complexity index is 1560. The van der Waals surface area contributed by atoms with Crippen LogP contribution in [-0.4, -0.2) is 72.7 Å². The van der Waals surface area contributed by atoms with Crippen molar-refractivity contribution in [2.24, 2.45) is 34.0 Å². The second kappa shape index (κ2) is 13.9. The van der Waals surface area contributed by atoms with E-state index >= 15 is 0 Å². The maximum Gasteiger partial charge on any atom is 0.303 e. The van der Waals surface area contributed by atoms with E-state index in [0.29, 0.717) is 31.4 Å². The normalized spacial score (nSPS) is 37.3. The second-order valence-electron chi connectivity index (χ2n) is 15.5. The number of ether oxygens (including phenoxy) is 5. The van der Waals surface area contributed by atoms with Crippen LogP contribution in [0, 0.1) is 34.0 Å². The number of hydrogen-bond acceptors (Lipinski definition) is 10. The Labute approximate surface area is 295 Å². The molecule has 10 atom stereocenters. The smallest absolute Gasteiger partial charge is 0.303 e. The van der Waals surface area contributed by atoms with Crippen molar-refractivity contribution in [2.75, 3.05) is 19.8 Å². The van der Waals surface area contributed by atoms with Gasteiger partial charge in [-0.15, -0.1) is 0 Å². The van der Waals surface area contributed by atoms with Gasteiger partial charge < -0.3 is 28.8 Å². The van der Waals surface area contributed by atoms with Gasteiger partial charge in [0, 0.05) is 56.8 Å². The molecule has 4 aliphatic rings. The maximum absolute atomic E-state index is 13.1. The number of carbonyl (C=O) groups is 4. The van der Waals surface area contributed by atoms with Crippen LogP contribution in [0.4, 0.5) is 0 Å². The van der Waals surface area contributed by atoms with Crippen molar-refractivity contribution < 1.29 is 48.0 Å². The van der Waals surface area contributed by atoms with E-state index in [1.54, 1.807) is 0 Å². The summed E-state index contributed by atoms with van der Waals surface area (Å²) in [6.07, 6.45) is 1.64. The van der Waals surface area contributed by atoms with Crippen LogP contribution in [0.15, 0.2) is 42.5 Å². The first-order valence-electron chi connectivity index (χ1n) is 17.9. The van der Waals surface area contributed by atoms with Crippen molar-refractivity contribution in [1.82, 2.24) is 0 Å². The van der Waals surface area contributed by atoms with E-state index < -0.39 is 75.9 Å². The fourth-order valence-corrected chi connectivity index (χ4v) is 10.8. The number of fused-ring (bicyclic) bond motifs is 5. The van der Waals surface area contributed by atoms with Crippen LogP contribution in [0.5, 0.6) is 0 Å². The molecular weight excluding hydrogens is 640 g/mol. The Kier molecular flexibility index (Phi) is 10.5. The molecule has 274 valence electrons. The summed E-state index contributed by atoms with van der Waals surface area (Å²) < 4.78 is 30.3. The summed E-state index contributed by atoms with van der Waals surface area (Å²) in [6.45, 7) is 18.6. The molecule has 0 bridgehead atoms. The van der Waals surface area contributed by atoms with Gasteiger partial charge in [0.15, 0.2) is 0 Å². The van der Waals surface area contributed by atoms with E-state index in [1.165, 1.54) is 27.7 Å². The van der Waals surface area contributed by atoms with E-state index in [1.807, 2.05) is 38.1 Å². The number of aliphatic hydroxyl groups is 1. The number of rotatable bonds is 10. The standard InChI is InChI=1S/C40H54O10/c1-10-29-13-11-12-14-30(29)23(2)20-40(45)24(3)19-33(48-26(5)42)38(9)31(40)15-16-37(8)32-21-46-22-39(32,17-18-47-25(4)41)36(50-28(7)44)34(35(37)38)49-27(6)43/h11-14,19,31-36,45H,2,10,15-18,20-22H2,1,3-9H3/t31-,32+,33-,34+,35?,36+,37+,38-,39+,40-/m1/s1. The number of hydrogen-bond donors (Lipinski definition) is 1. The summed E-state index contributed by atoms with van der Waals surface area (Å²) >= 11 is 0. The van der Waals surface area contributed by atoms with Gasteiger partial charge in [0.1, 0.15) is 18.3 Å². The summed E-state index contributed by atoms with van der Waals surface area (Å²) in [5.41, 5.74) is -0.258. The van der Waals surface area contributed by atoms with Crippen molar-refractivity contribution in [2.45, 2.75) is 111 Å². The van der Waals surface area contributed by atoms with Crippen LogP contribution in [0.3, 0.4) is 0 Å². The highest BCUT2D eigenvalue weighted by atomic mass is 16.6. The molecular formula is C40H54O10. The molecule has 3 fully saturated rings. The van der Waals surface area contributed by atoms with Crippen LogP contribution < -0.4 is 0 Å². The lowest BCUT2D eigenvalue weighted by molar-refractivity contribution is -0.286. The fourth-order valence-electron chi connectivity index (χ4n) is 10.8. The van der Waals surface area contributed by atoms with E-state index in [9.17, 15) is 24.3 Å². The molecule has 3 aliphatic carbocycles. The lowest BCUT2D eigenvalue weighted by Crippen LogP contribution is -2.74. The minimum absolute atomic E-state index is 0.0689. The lowest BCUT2D eigenvalue weighted by Gasteiger charge is -2.70. The van der Waals surface area contributed by atoms with Crippen molar-refractivity contribution in [3.8, 4) is 0 Å². The van der Waals surface area contributed by atoms with E-state index in [2.05, 4.69) is 26.5 Å². The Morgan fingerprint density at radius 2 is 1.62 bits per heavy atom. The van der Waals surface area contributed by atoms with Crippen LogP contribution >= 0.6 is 0 Å². The minimum Gasteiger partial charge on any atom is -0.466 e. The zero-order valence-corrected chi connectivity index (χ0v) is 30.8. The summed E-state index contributed by atoms with van der Waals surface area (Å²) in [5.74, 6) is -3.26. The van der Waals surface area contributed by atoms with Crippen molar-refractivity contribution in [3.63, 3.8) is 0 Å². The van der Waals surface area contributed by atoms with E-state index in [4.69, 9.17) is 23.7 Å². The van der Waals surface area contributed by atoms with Crippen molar-refractivity contribution in [3.05, 3.63) is 53.6 Å². The van der Waals surface area contributed by atoms with E-state index in [-0.39, 0.29) is 25.6 Å². The molecule has 0 aromatic heterocycles. The van der Waals surface area contributed by atoms with Gasteiger partial charge in [-0.05, 0) is 72.3 Å². The fraction of sp³-hybridized carbons (Fsp3) is 0.650. The molecule has 0 amide bonds. The highest BCUT2D eigenvalue weighted by molar-refractivity contribution is 5.70. The first-order valence-corrected chi connectivity index (χ1v) is 17.9. The quantitative estimate of drug-likeness (QED) is 0.183. The zero-order valence-electron chi connectivity index (χ0n) is 30.8. The number of aryl methyl sites for hydroxylation is 1. The molecule has 1 aliphatic heterocycles. The van der Waals surface area contributed by atoms with E-state index in [0.717, 1.165) is 23.1 Å². The molecule has 10 nitrogen and oxygen atoms in total. The van der Waals surface area contributed by atoms with Crippen LogP contribution in [0.1, 0.15) is 92.2 Å². The highest BCUT2D eigenvalue weighted by Gasteiger charge is 2.76. The average molecular weight is 695 g/mol. The van der Waals surface area contributed by atoms with Gasteiger partial charge in [-0.2, -0.15) is 0 Å². The lowest BCUT2D eigenvalue weighted by atomic mass is 9.36. The number of carbonyl (C=O) groups excluding carboxylic acids is 4. The Hall–Kier alpha value is -3.50. The summed E-state index contributed by atoms with van der Waals surface area (Å²) in [7, 11) is 0. The molecule has 50 heavy (non-hydrogen) atoms. The molecule has 1 saturated heterocycles. The van der Waals surface area contributed by atoms with Gasteiger partial charge in [0.2, 0.25) is 0 Å². The van der Waals surface area contributed by atoms with Crippen molar-refractivity contribution in [1.29, 1.82) is 0 Å². The maximum atomic E-state index is 13.1. The predicted octanol–water partition coefficient (Wildman–Crippen LogP) is 5.78. The van der Waals surface area contributed by atoms with Gasteiger partial charge in [0.25, 0.3) is 0 Å². The molecule has 2 saturated carbocycles. The van der Waals surface area contributed by atoms with Crippen LogP contribution in [-0.2, 0) is 49.3 Å². The molecule has 0 spiro atoms. The molecule has 1 heterocycles. The largest absolute Gasteiger partial charge is 0.466 e. The zero-order chi connectivity index (χ0) is 36.8. The Morgan fingerprint density at radius 1 is 0.960 bits per heavy atom. The molecule has 1 aromatic rings. The molecule has 10 heteroatoms. The van der Waals surface area contributed by atoms with Crippen LogP contribution in [0.25, 0.3) is 5.57 Å². The van der Waals surface area contributed by atoms with Gasteiger partial charge in [-0.25, -0.2) is 0 Å². The topological polar surface area (TPSA) is 135 Å². The number of esters is 4. The third-order valence-electron chi connectivity index (χ3n) is 12.7. The Balaban J connectivity index is 1.71. The average Bonchev–Trinajstić information content (AvgIpc) is 3.47. The molecule has 1 unspecified atom stereocenters. The SMILES string of the molecule is C=C(C[C@@]1(O)C(C)=C[C@@H](OC(C)=O)[C@]2(C)C3[C@H](OC(C)=O)[C@H](OC(C)=O)[C@@]4(CCOC(C)=O)COC[C@H]4[C@]3(C)CC[C@H]21)c1ccccc1CC. The van der Waals surface area contributed by atoms with Gasteiger partial charge in [-0.3, -0.25) is 19.2 Å². The second-order valence-corrected chi connectivity index (χ2v) is 15.5. The van der Waals surface area contributed by atoms with Gasteiger partial charge in [0.05, 0.1) is 25.4 Å². The van der Waals surface area contributed by atoms with Gasteiger partial charge in [-0.1, -0.05) is 51.6 Å². The Morgan fingerprint density at radius 3 is 2.24 bits per heavy atom. The summed E-state index contributed by atoms with van der Waals surface area (Å²) in [6, 6.07) is 8.07. The minimum atomic E-state index is -1.39. The third kappa shape index (κ3) is 6.20. The molecule has 0 radical (unpaired) electrons. The van der Waals surface area contributed by atoms with Gasteiger partial charge >= 0.3 is 23.9 Å². The van der Waals surface area contributed by atoms with Crippen LogP contribution in [0.2, 0.25) is 0 Å².